The number of aromatic nitrogens is 5. The van der Waals surface area contributed by atoms with E-state index in [0.717, 1.165) is 30.9 Å². The van der Waals surface area contributed by atoms with Gasteiger partial charge in [0, 0.05) is 30.2 Å². The van der Waals surface area contributed by atoms with Gasteiger partial charge in [0.05, 0.1) is 24.4 Å². The van der Waals surface area contributed by atoms with Crippen molar-refractivity contribution >= 4 is 11.8 Å². The molecule has 0 aromatic carbocycles. The SMILES string of the molecule is Cc1ncc(C(CC(=O)O)n2cc(F)c(CCCc3ccc4c(n3)NCCC4)n2)cn1. The van der Waals surface area contributed by atoms with Gasteiger partial charge in [0.2, 0.25) is 0 Å². The summed E-state index contributed by atoms with van der Waals surface area (Å²) >= 11 is 0. The molecule has 3 aromatic heterocycles. The van der Waals surface area contributed by atoms with Crippen molar-refractivity contribution in [2.75, 3.05) is 11.9 Å². The van der Waals surface area contributed by atoms with E-state index in [-0.39, 0.29) is 6.42 Å². The minimum atomic E-state index is -1.00. The fourth-order valence-electron chi connectivity index (χ4n) is 3.78. The first-order valence-electron chi connectivity index (χ1n) is 10.5. The van der Waals surface area contributed by atoms with Crippen LogP contribution >= 0.6 is 0 Å². The molecule has 0 bridgehead atoms. The molecule has 3 aromatic rings. The predicted octanol–water partition coefficient (Wildman–Crippen LogP) is 3.11. The van der Waals surface area contributed by atoms with Crippen molar-refractivity contribution in [2.24, 2.45) is 0 Å². The monoisotopic (exact) mass is 424 g/mol. The number of aliphatic carboxylic acids is 1. The summed E-state index contributed by atoms with van der Waals surface area (Å²) in [7, 11) is 0. The Morgan fingerprint density at radius 3 is 2.87 bits per heavy atom. The van der Waals surface area contributed by atoms with E-state index in [4.69, 9.17) is 0 Å². The number of carbonyl (C=O) groups is 1. The topological polar surface area (TPSA) is 106 Å². The molecular weight excluding hydrogens is 399 g/mol. The van der Waals surface area contributed by atoms with Gasteiger partial charge in [-0.2, -0.15) is 5.10 Å². The third-order valence-corrected chi connectivity index (χ3v) is 5.43. The van der Waals surface area contributed by atoms with E-state index in [1.54, 1.807) is 19.3 Å². The molecule has 31 heavy (non-hydrogen) atoms. The van der Waals surface area contributed by atoms with E-state index in [1.165, 1.54) is 16.4 Å². The highest BCUT2D eigenvalue weighted by Gasteiger charge is 2.22. The lowest BCUT2D eigenvalue weighted by atomic mass is 10.1. The van der Waals surface area contributed by atoms with Gasteiger partial charge in [0.25, 0.3) is 0 Å². The van der Waals surface area contributed by atoms with Crippen molar-refractivity contribution in [1.82, 2.24) is 24.7 Å². The summed E-state index contributed by atoms with van der Waals surface area (Å²) < 4.78 is 15.9. The molecule has 1 unspecified atom stereocenters. The second-order valence-electron chi connectivity index (χ2n) is 7.78. The molecule has 2 N–H and O–H groups in total. The lowest BCUT2D eigenvalue weighted by Gasteiger charge is -2.17. The number of carboxylic acids is 1. The number of aryl methyl sites for hydroxylation is 4. The number of rotatable bonds is 8. The molecule has 9 heteroatoms. The first-order valence-corrected chi connectivity index (χ1v) is 10.5. The van der Waals surface area contributed by atoms with Crippen molar-refractivity contribution < 1.29 is 14.3 Å². The number of nitrogens with zero attached hydrogens (tertiary/aromatic N) is 5. The largest absolute Gasteiger partial charge is 0.481 e. The lowest BCUT2D eigenvalue weighted by molar-refractivity contribution is -0.137. The third kappa shape index (κ3) is 5.04. The third-order valence-electron chi connectivity index (χ3n) is 5.43. The molecule has 0 spiro atoms. The first-order chi connectivity index (χ1) is 15.0. The Morgan fingerprint density at radius 2 is 2.10 bits per heavy atom. The number of pyridine rings is 1. The molecule has 8 nitrogen and oxygen atoms in total. The van der Waals surface area contributed by atoms with Crippen LogP contribution in [-0.2, 0) is 24.1 Å². The number of anilines is 1. The molecule has 0 saturated heterocycles. The zero-order valence-corrected chi connectivity index (χ0v) is 17.4. The quantitative estimate of drug-likeness (QED) is 0.572. The van der Waals surface area contributed by atoms with Crippen LogP contribution in [0.5, 0.6) is 0 Å². The molecule has 0 fully saturated rings. The van der Waals surface area contributed by atoms with Gasteiger partial charge in [0.15, 0.2) is 5.82 Å². The van der Waals surface area contributed by atoms with Gasteiger partial charge in [-0.1, -0.05) is 6.07 Å². The molecule has 162 valence electrons. The fourth-order valence-corrected chi connectivity index (χ4v) is 3.78. The molecule has 0 aliphatic carbocycles. The molecule has 4 rings (SSSR count). The van der Waals surface area contributed by atoms with Crippen molar-refractivity contribution in [3.63, 3.8) is 0 Å². The average Bonchev–Trinajstić information content (AvgIpc) is 3.13. The Morgan fingerprint density at radius 1 is 1.29 bits per heavy atom. The lowest BCUT2D eigenvalue weighted by Crippen LogP contribution is -2.16. The van der Waals surface area contributed by atoms with Gasteiger partial charge in [-0.15, -0.1) is 0 Å². The summed E-state index contributed by atoms with van der Waals surface area (Å²) in [6.45, 7) is 2.69. The molecule has 0 saturated carbocycles. The molecule has 1 aliphatic rings. The second kappa shape index (κ2) is 9.20. The molecule has 1 atom stereocenters. The summed E-state index contributed by atoms with van der Waals surface area (Å²) in [5, 5.41) is 17.0. The summed E-state index contributed by atoms with van der Waals surface area (Å²) in [6.07, 6.45) is 8.14. The Kier molecular flexibility index (Phi) is 6.20. The van der Waals surface area contributed by atoms with Crippen LogP contribution in [0.1, 0.15) is 53.6 Å². The highest BCUT2D eigenvalue weighted by Crippen LogP contribution is 2.23. The maximum absolute atomic E-state index is 14.6. The average molecular weight is 424 g/mol. The number of carboxylic acid groups (broad SMARTS) is 1. The number of hydrogen-bond donors (Lipinski definition) is 2. The van der Waals surface area contributed by atoms with Crippen molar-refractivity contribution in [3.05, 3.63) is 64.9 Å². The van der Waals surface area contributed by atoms with Crippen molar-refractivity contribution in [2.45, 2.75) is 51.5 Å². The van der Waals surface area contributed by atoms with E-state index >= 15 is 0 Å². The minimum absolute atomic E-state index is 0.237. The summed E-state index contributed by atoms with van der Waals surface area (Å²) in [4.78, 5) is 24.3. The van der Waals surface area contributed by atoms with Crippen LogP contribution in [0.2, 0.25) is 0 Å². The van der Waals surface area contributed by atoms with Gasteiger partial charge in [-0.25, -0.2) is 19.3 Å². The van der Waals surface area contributed by atoms with E-state index in [0.29, 0.717) is 36.3 Å². The van der Waals surface area contributed by atoms with Crippen LogP contribution in [-0.4, -0.2) is 42.4 Å². The second-order valence-corrected chi connectivity index (χ2v) is 7.78. The number of fused-ring (bicyclic) bond motifs is 1. The van der Waals surface area contributed by atoms with Gasteiger partial charge < -0.3 is 10.4 Å². The Balaban J connectivity index is 1.44. The molecule has 4 heterocycles. The maximum Gasteiger partial charge on any atom is 0.305 e. The molecule has 0 amide bonds. The van der Waals surface area contributed by atoms with Crippen LogP contribution < -0.4 is 5.32 Å². The Labute approximate surface area is 179 Å². The van der Waals surface area contributed by atoms with Crippen LogP contribution in [0.15, 0.2) is 30.7 Å². The highest BCUT2D eigenvalue weighted by molar-refractivity contribution is 5.68. The summed E-state index contributed by atoms with van der Waals surface area (Å²) in [6, 6.07) is 3.47. The Hall–Kier alpha value is -3.36. The summed E-state index contributed by atoms with van der Waals surface area (Å²) in [5.41, 5.74) is 3.10. The molecule has 1 aliphatic heterocycles. The minimum Gasteiger partial charge on any atom is -0.481 e. The van der Waals surface area contributed by atoms with Crippen LogP contribution in [0.25, 0.3) is 0 Å². The number of hydrogen-bond acceptors (Lipinski definition) is 6. The van der Waals surface area contributed by atoms with Gasteiger partial charge in [-0.05, 0) is 50.7 Å². The van der Waals surface area contributed by atoms with Gasteiger partial charge in [-0.3, -0.25) is 9.48 Å². The first kappa shape index (κ1) is 20.9. The van der Waals surface area contributed by atoms with Crippen LogP contribution in [0.3, 0.4) is 0 Å². The van der Waals surface area contributed by atoms with E-state index in [9.17, 15) is 14.3 Å². The van der Waals surface area contributed by atoms with E-state index in [1.807, 2.05) is 6.07 Å². The fraction of sp³-hybridized carbons (Fsp3) is 0.409. The normalized spacial score (nSPS) is 14.0. The van der Waals surface area contributed by atoms with Crippen LogP contribution in [0.4, 0.5) is 10.2 Å². The Bertz CT molecular complexity index is 1070. The summed E-state index contributed by atoms with van der Waals surface area (Å²) in [5.74, 6) is 0.0887. The van der Waals surface area contributed by atoms with Gasteiger partial charge >= 0.3 is 5.97 Å². The number of halogens is 1. The standard InChI is InChI=1S/C22H25FN6O2/c1-14-25-11-16(12-26-14)20(10-21(30)31)29-13-18(23)19(28-29)6-2-5-17-8-7-15-4-3-9-24-22(15)27-17/h7-8,11-13,20H,2-6,9-10H2,1H3,(H,24,27)(H,30,31). The van der Waals surface area contributed by atoms with E-state index < -0.39 is 17.8 Å². The number of nitrogens with one attached hydrogen (secondary N) is 1. The van der Waals surface area contributed by atoms with Crippen molar-refractivity contribution in [3.8, 4) is 0 Å². The molecular formula is C22H25FN6O2. The predicted molar refractivity (Wildman–Crippen MR) is 112 cm³/mol. The van der Waals surface area contributed by atoms with Crippen molar-refractivity contribution in [1.29, 1.82) is 0 Å². The highest BCUT2D eigenvalue weighted by atomic mass is 19.1. The zero-order chi connectivity index (χ0) is 21.8. The van der Waals surface area contributed by atoms with Crippen LogP contribution in [0, 0.1) is 12.7 Å². The van der Waals surface area contributed by atoms with Gasteiger partial charge in [0.1, 0.15) is 11.6 Å². The maximum atomic E-state index is 14.6. The smallest absolute Gasteiger partial charge is 0.305 e. The zero-order valence-electron chi connectivity index (χ0n) is 17.4. The molecule has 0 radical (unpaired) electrons. The van der Waals surface area contributed by atoms with E-state index in [2.05, 4.69) is 31.4 Å².